The zero-order valence-electron chi connectivity index (χ0n) is 15.9. The number of nitrogens with one attached hydrogen (secondary N) is 1. The minimum absolute atomic E-state index is 0.0140. The fourth-order valence-electron chi connectivity index (χ4n) is 4.36. The van der Waals surface area contributed by atoms with Crippen molar-refractivity contribution in [2.45, 2.75) is 32.1 Å². The number of carbonyl (C=O) groups excluding carboxylic acids is 1. The van der Waals surface area contributed by atoms with Gasteiger partial charge in [0.25, 0.3) is 5.69 Å². The summed E-state index contributed by atoms with van der Waals surface area (Å²) in [5, 5.41) is 12.4. The predicted molar refractivity (Wildman–Crippen MR) is 108 cm³/mol. The van der Waals surface area contributed by atoms with Crippen LogP contribution in [-0.4, -0.2) is 33.8 Å². The first-order valence-corrected chi connectivity index (χ1v) is 9.62. The molecular weight excluding hydrogens is 354 g/mol. The van der Waals surface area contributed by atoms with E-state index < -0.39 is 4.92 Å². The average molecular weight is 377 g/mol. The fraction of sp³-hybridized carbons (Fsp3) is 0.318. The minimum Gasteiger partial charge on any atom is -0.358 e. The Morgan fingerprint density at radius 1 is 1.14 bits per heavy atom. The highest BCUT2D eigenvalue weighted by molar-refractivity contribution is 5.85. The Labute approximate surface area is 163 Å². The van der Waals surface area contributed by atoms with Crippen LogP contribution in [-0.2, 0) is 11.2 Å². The summed E-state index contributed by atoms with van der Waals surface area (Å²) in [6, 6.07) is 14.8. The van der Waals surface area contributed by atoms with Gasteiger partial charge in [-0.1, -0.05) is 36.4 Å². The zero-order valence-corrected chi connectivity index (χ0v) is 15.9. The van der Waals surface area contributed by atoms with Gasteiger partial charge in [0.2, 0.25) is 5.91 Å². The van der Waals surface area contributed by atoms with E-state index in [9.17, 15) is 14.9 Å². The van der Waals surface area contributed by atoms with E-state index in [4.69, 9.17) is 0 Å². The third kappa shape index (κ3) is 3.38. The SMILES string of the molecule is Cc1[nH]c2ccccc2c1C1CCN(C(=O)Cc2ccccc2[N+](=O)[O-])CC1. The molecular formula is C22H23N3O3. The molecule has 6 nitrogen and oxygen atoms in total. The van der Waals surface area contributed by atoms with Crippen LogP contribution in [0.15, 0.2) is 48.5 Å². The van der Waals surface area contributed by atoms with E-state index in [1.54, 1.807) is 18.2 Å². The first kappa shape index (κ1) is 18.2. The number of H-pyrrole nitrogens is 1. The highest BCUT2D eigenvalue weighted by atomic mass is 16.6. The van der Waals surface area contributed by atoms with Crippen molar-refractivity contribution in [1.29, 1.82) is 0 Å². The van der Waals surface area contributed by atoms with Gasteiger partial charge in [0.05, 0.1) is 11.3 Å². The number of carbonyl (C=O) groups is 1. The maximum absolute atomic E-state index is 12.7. The van der Waals surface area contributed by atoms with Crippen molar-refractivity contribution in [1.82, 2.24) is 9.88 Å². The quantitative estimate of drug-likeness (QED) is 0.543. The molecule has 144 valence electrons. The molecule has 0 atom stereocenters. The molecule has 28 heavy (non-hydrogen) atoms. The summed E-state index contributed by atoms with van der Waals surface area (Å²) in [5.74, 6) is 0.384. The fourth-order valence-corrected chi connectivity index (χ4v) is 4.36. The predicted octanol–water partition coefficient (Wildman–Crippen LogP) is 4.33. The second kappa shape index (κ2) is 7.46. The number of aromatic nitrogens is 1. The Balaban J connectivity index is 1.45. The lowest BCUT2D eigenvalue weighted by atomic mass is 9.87. The molecule has 2 aromatic carbocycles. The van der Waals surface area contributed by atoms with E-state index in [-0.39, 0.29) is 18.0 Å². The van der Waals surface area contributed by atoms with Crippen molar-refractivity contribution in [2.24, 2.45) is 0 Å². The molecule has 3 aromatic rings. The van der Waals surface area contributed by atoms with Crippen LogP contribution in [0.4, 0.5) is 5.69 Å². The topological polar surface area (TPSA) is 79.2 Å². The van der Waals surface area contributed by atoms with Gasteiger partial charge in [-0.2, -0.15) is 0 Å². The number of benzene rings is 2. The third-order valence-corrected chi connectivity index (χ3v) is 5.73. The molecule has 1 amide bonds. The molecule has 1 N–H and O–H groups in total. The van der Waals surface area contributed by atoms with Crippen molar-refractivity contribution in [3.8, 4) is 0 Å². The number of para-hydroxylation sites is 2. The van der Waals surface area contributed by atoms with Gasteiger partial charge >= 0.3 is 0 Å². The van der Waals surface area contributed by atoms with Gasteiger partial charge in [0.15, 0.2) is 0 Å². The van der Waals surface area contributed by atoms with Gasteiger partial charge in [0.1, 0.15) is 0 Å². The molecule has 0 saturated carbocycles. The molecule has 1 aliphatic rings. The van der Waals surface area contributed by atoms with Gasteiger partial charge in [-0.3, -0.25) is 14.9 Å². The van der Waals surface area contributed by atoms with Crippen molar-refractivity contribution in [3.05, 3.63) is 75.5 Å². The van der Waals surface area contributed by atoms with E-state index in [1.807, 2.05) is 11.0 Å². The summed E-state index contributed by atoms with van der Waals surface area (Å²) in [4.78, 5) is 28.8. The molecule has 0 unspecified atom stereocenters. The number of likely N-dealkylation sites (tertiary alicyclic amines) is 1. The van der Waals surface area contributed by atoms with Crippen LogP contribution in [0.5, 0.6) is 0 Å². The maximum atomic E-state index is 12.7. The number of piperidine rings is 1. The first-order valence-electron chi connectivity index (χ1n) is 9.62. The smallest absolute Gasteiger partial charge is 0.273 e. The van der Waals surface area contributed by atoms with Crippen LogP contribution in [0.2, 0.25) is 0 Å². The number of nitrogens with zero attached hydrogens (tertiary/aromatic N) is 2. The number of amides is 1. The molecule has 1 aromatic heterocycles. The normalized spacial score (nSPS) is 15.1. The molecule has 4 rings (SSSR count). The zero-order chi connectivity index (χ0) is 19.7. The monoisotopic (exact) mass is 377 g/mol. The third-order valence-electron chi connectivity index (χ3n) is 5.73. The van der Waals surface area contributed by atoms with Crippen LogP contribution in [0.1, 0.15) is 35.6 Å². The summed E-state index contributed by atoms with van der Waals surface area (Å²) < 4.78 is 0. The van der Waals surface area contributed by atoms with Crippen molar-refractivity contribution in [2.75, 3.05) is 13.1 Å². The molecule has 0 spiro atoms. The van der Waals surface area contributed by atoms with Gasteiger partial charge in [0, 0.05) is 41.3 Å². The first-order chi connectivity index (χ1) is 13.5. The summed E-state index contributed by atoms with van der Waals surface area (Å²) in [5.41, 5.74) is 4.21. The Bertz CT molecular complexity index is 1030. The summed E-state index contributed by atoms with van der Waals surface area (Å²) in [6.07, 6.45) is 1.89. The lowest BCUT2D eigenvalue weighted by molar-refractivity contribution is -0.385. The van der Waals surface area contributed by atoms with E-state index in [0.717, 1.165) is 18.4 Å². The highest BCUT2D eigenvalue weighted by Crippen LogP contribution is 2.35. The number of fused-ring (bicyclic) bond motifs is 1. The molecule has 0 bridgehead atoms. The van der Waals surface area contributed by atoms with Crippen LogP contribution in [0.25, 0.3) is 10.9 Å². The Morgan fingerprint density at radius 2 is 1.82 bits per heavy atom. The van der Waals surface area contributed by atoms with E-state index in [1.165, 1.54) is 22.7 Å². The summed E-state index contributed by atoms with van der Waals surface area (Å²) >= 11 is 0. The largest absolute Gasteiger partial charge is 0.358 e. The van der Waals surface area contributed by atoms with Crippen molar-refractivity contribution < 1.29 is 9.72 Å². The molecule has 0 radical (unpaired) electrons. The molecule has 1 saturated heterocycles. The number of rotatable bonds is 4. The molecule has 1 aliphatic heterocycles. The Hall–Kier alpha value is -3.15. The molecule has 1 fully saturated rings. The lowest BCUT2D eigenvalue weighted by Gasteiger charge is -2.32. The van der Waals surface area contributed by atoms with Crippen molar-refractivity contribution in [3.63, 3.8) is 0 Å². The molecule has 2 heterocycles. The Kier molecular flexibility index (Phi) is 4.86. The van der Waals surface area contributed by atoms with E-state index >= 15 is 0 Å². The van der Waals surface area contributed by atoms with E-state index in [2.05, 4.69) is 30.1 Å². The number of nitro benzene ring substituents is 1. The van der Waals surface area contributed by atoms with Gasteiger partial charge in [-0.05, 0) is 37.3 Å². The maximum Gasteiger partial charge on any atom is 0.273 e. The highest BCUT2D eigenvalue weighted by Gasteiger charge is 2.27. The standard InChI is InChI=1S/C22H23N3O3/c1-15-22(18-7-3-4-8-19(18)23-15)16-10-12-24(13-11-16)21(26)14-17-6-2-5-9-20(17)25(27)28/h2-9,16,23H,10-14H2,1H3. The molecule has 0 aliphatic carbocycles. The molecule has 6 heteroatoms. The lowest BCUT2D eigenvalue weighted by Crippen LogP contribution is -2.38. The van der Waals surface area contributed by atoms with Crippen LogP contribution in [0, 0.1) is 17.0 Å². The van der Waals surface area contributed by atoms with Gasteiger partial charge < -0.3 is 9.88 Å². The van der Waals surface area contributed by atoms with Crippen LogP contribution in [0.3, 0.4) is 0 Å². The van der Waals surface area contributed by atoms with Crippen LogP contribution >= 0.6 is 0 Å². The second-order valence-corrected chi connectivity index (χ2v) is 7.43. The second-order valence-electron chi connectivity index (χ2n) is 7.43. The number of hydrogen-bond donors (Lipinski definition) is 1. The summed E-state index contributed by atoms with van der Waals surface area (Å²) in [7, 11) is 0. The van der Waals surface area contributed by atoms with Gasteiger partial charge in [-0.15, -0.1) is 0 Å². The van der Waals surface area contributed by atoms with Crippen molar-refractivity contribution >= 4 is 22.5 Å². The number of nitro groups is 1. The number of aromatic amines is 1. The Morgan fingerprint density at radius 3 is 2.57 bits per heavy atom. The average Bonchev–Trinajstić information content (AvgIpc) is 3.04. The summed E-state index contributed by atoms with van der Waals surface area (Å²) in [6.45, 7) is 3.48. The van der Waals surface area contributed by atoms with Crippen LogP contribution < -0.4 is 0 Å². The number of hydrogen-bond acceptors (Lipinski definition) is 3. The van der Waals surface area contributed by atoms with Gasteiger partial charge in [-0.25, -0.2) is 0 Å². The minimum atomic E-state index is -0.422. The number of aryl methyl sites for hydroxylation is 1. The van der Waals surface area contributed by atoms with E-state index in [0.29, 0.717) is 24.6 Å².